The number of carbonyl (C=O) groups is 4. The Balaban J connectivity index is 1.66. The van der Waals surface area contributed by atoms with Gasteiger partial charge < -0.3 is 24.8 Å². The molecule has 3 rings (SSSR count). The molecule has 4 unspecified atom stereocenters. The van der Waals surface area contributed by atoms with Crippen molar-refractivity contribution in [3.05, 3.63) is 71.8 Å². The molecule has 2 aromatic carbocycles. The van der Waals surface area contributed by atoms with Crippen molar-refractivity contribution in [2.45, 2.75) is 65.5 Å². The highest BCUT2D eigenvalue weighted by atomic mass is 16.6. The van der Waals surface area contributed by atoms with Gasteiger partial charge in [0.15, 0.2) is 12.1 Å². The highest BCUT2D eigenvalue weighted by molar-refractivity contribution is 5.97. The Morgan fingerprint density at radius 3 is 2.03 bits per heavy atom. The largest absolute Gasteiger partial charge is 0.459 e. The third-order valence-electron chi connectivity index (χ3n) is 6.82. The summed E-state index contributed by atoms with van der Waals surface area (Å²) in [5, 5.41) is 5.40. The Labute approximate surface area is 229 Å². The highest BCUT2D eigenvalue weighted by Gasteiger charge is 2.50. The molecule has 39 heavy (non-hydrogen) atoms. The predicted molar refractivity (Wildman–Crippen MR) is 144 cm³/mol. The summed E-state index contributed by atoms with van der Waals surface area (Å²) in [5.74, 6) is -3.04. The molecule has 1 aliphatic heterocycles. The van der Waals surface area contributed by atoms with Gasteiger partial charge in [-0.05, 0) is 23.0 Å². The molecular weight excluding hydrogens is 500 g/mol. The van der Waals surface area contributed by atoms with Crippen LogP contribution in [0.4, 0.5) is 0 Å². The third kappa shape index (κ3) is 8.38. The normalized spacial score (nSPS) is 18.7. The van der Waals surface area contributed by atoms with Crippen LogP contribution in [0.25, 0.3) is 0 Å². The molecule has 9 nitrogen and oxygen atoms in total. The number of hydrogen-bond donors (Lipinski definition) is 2. The van der Waals surface area contributed by atoms with Gasteiger partial charge in [0, 0.05) is 0 Å². The first-order chi connectivity index (χ1) is 18.7. The Morgan fingerprint density at radius 1 is 0.897 bits per heavy atom. The fourth-order valence-corrected chi connectivity index (χ4v) is 4.23. The summed E-state index contributed by atoms with van der Waals surface area (Å²) >= 11 is 0. The Hall–Kier alpha value is -3.72. The number of cyclic esters (lactones) is 1. The van der Waals surface area contributed by atoms with Gasteiger partial charge in [0.1, 0.15) is 18.6 Å². The van der Waals surface area contributed by atoms with Crippen molar-refractivity contribution in [3.8, 4) is 0 Å². The van der Waals surface area contributed by atoms with E-state index in [0.29, 0.717) is 6.42 Å². The minimum Gasteiger partial charge on any atom is -0.459 e. The Morgan fingerprint density at radius 2 is 1.49 bits per heavy atom. The van der Waals surface area contributed by atoms with E-state index in [4.69, 9.17) is 14.2 Å². The van der Waals surface area contributed by atoms with Gasteiger partial charge in [0.25, 0.3) is 5.91 Å². The van der Waals surface area contributed by atoms with Crippen LogP contribution < -0.4 is 10.6 Å². The molecule has 210 valence electrons. The molecule has 2 N–H and O–H groups in total. The second-order valence-corrected chi connectivity index (χ2v) is 10.2. The number of nitrogens with one attached hydrogen (secondary N) is 2. The lowest BCUT2D eigenvalue weighted by Gasteiger charge is -2.38. The van der Waals surface area contributed by atoms with Gasteiger partial charge in [-0.2, -0.15) is 0 Å². The van der Waals surface area contributed by atoms with E-state index in [2.05, 4.69) is 10.6 Å². The average molecular weight is 539 g/mol. The van der Waals surface area contributed by atoms with Crippen molar-refractivity contribution in [1.29, 1.82) is 0 Å². The van der Waals surface area contributed by atoms with Crippen LogP contribution in [0.1, 0.15) is 45.2 Å². The molecule has 1 heterocycles. The van der Waals surface area contributed by atoms with Crippen molar-refractivity contribution >= 4 is 23.8 Å². The van der Waals surface area contributed by atoms with Gasteiger partial charge in [0.05, 0.1) is 13.2 Å². The van der Waals surface area contributed by atoms with Crippen LogP contribution >= 0.6 is 0 Å². The monoisotopic (exact) mass is 538 g/mol. The minimum atomic E-state index is -1.10. The van der Waals surface area contributed by atoms with E-state index in [9.17, 15) is 19.2 Å². The van der Waals surface area contributed by atoms with E-state index in [1.165, 1.54) is 0 Å². The number of rotatable bonds is 14. The topological polar surface area (TPSA) is 120 Å². The predicted octanol–water partition coefficient (Wildman–Crippen LogP) is 3.16. The molecule has 0 radical (unpaired) electrons. The van der Waals surface area contributed by atoms with Crippen molar-refractivity contribution in [2.24, 2.45) is 17.8 Å². The van der Waals surface area contributed by atoms with Gasteiger partial charge in [-0.1, -0.05) is 94.8 Å². The van der Waals surface area contributed by atoms with Crippen LogP contribution in [0.15, 0.2) is 60.7 Å². The van der Waals surface area contributed by atoms with E-state index in [1.807, 2.05) is 74.5 Å². The van der Waals surface area contributed by atoms with Crippen LogP contribution in [0.3, 0.4) is 0 Å². The molecule has 0 saturated carbocycles. The number of ether oxygens (including phenoxy) is 3. The number of carbonyl (C=O) groups excluding carboxylic acids is 4. The van der Waals surface area contributed by atoms with Gasteiger partial charge in [-0.15, -0.1) is 0 Å². The fraction of sp³-hybridized carbons (Fsp3) is 0.467. The van der Waals surface area contributed by atoms with Crippen LogP contribution in [0.2, 0.25) is 0 Å². The van der Waals surface area contributed by atoms with E-state index in [0.717, 1.165) is 11.1 Å². The molecule has 1 saturated heterocycles. The summed E-state index contributed by atoms with van der Waals surface area (Å²) in [5.41, 5.74) is 1.72. The number of esters is 2. The number of amides is 2. The van der Waals surface area contributed by atoms with E-state index >= 15 is 0 Å². The maximum absolute atomic E-state index is 13.3. The van der Waals surface area contributed by atoms with Crippen LogP contribution in [0.5, 0.6) is 0 Å². The zero-order chi connectivity index (χ0) is 28.4. The van der Waals surface area contributed by atoms with E-state index in [1.54, 1.807) is 13.8 Å². The highest BCUT2D eigenvalue weighted by Crippen LogP contribution is 2.31. The fourth-order valence-electron chi connectivity index (χ4n) is 4.23. The lowest BCUT2D eigenvalue weighted by atomic mass is 9.82. The number of benzene rings is 2. The zero-order valence-corrected chi connectivity index (χ0v) is 22.9. The molecule has 0 spiro atoms. The molecule has 0 bridgehead atoms. The molecule has 0 aromatic heterocycles. The number of hydrogen-bond acceptors (Lipinski definition) is 7. The van der Waals surface area contributed by atoms with Crippen LogP contribution in [-0.4, -0.2) is 48.5 Å². The van der Waals surface area contributed by atoms with Crippen molar-refractivity contribution in [3.63, 3.8) is 0 Å². The first-order valence-corrected chi connectivity index (χ1v) is 13.3. The van der Waals surface area contributed by atoms with Gasteiger partial charge in [-0.25, -0.2) is 4.79 Å². The maximum atomic E-state index is 13.3. The first kappa shape index (κ1) is 29.8. The van der Waals surface area contributed by atoms with E-state index in [-0.39, 0.29) is 31.7 Å². The van der Waals surface area contributed by atoms with Gasteiger partial charge in [0.2, 0.25) is 5.91 Å². The molecule has 1 aliphatic rings. The van der Waals surface area contributed by atoms with Crippen LogP contribution in [0, 0.1) is 17.8 Å². The lowest BCUT2D eigenvalue weighted by molar-refractivity contribution is -0.193. The lowest BCUT2D eigenvalue weighted by Crippen LogP contribution is -2.61. The second-order valence-electron chi connectivity index (χ2n) is 10.2. The summed E-state index contributed by atoms with van der Waals surface area (Å²) in [6, 6.07) is 16.6. The molecule has 5 atom stereocenters. The molecule has 1 fully saturated rings. The summed E-state index contributed by atoms with van der Waals surface area (Å²) in [6.45, 7) is 7.54. The standard InChI is InChI=1S/C30H38N2O7/c1-5-20(4)24-26(39-30(24)36)28(34)32-25(19(2)3)27(33)31-23(18-37-16-21-12-8-6-9-13-21)29(35)38-17-22-14-10-7-11-15-22/h6-15,19-20,23-26H,5,16-18H2,1-4H3,(H,31,33)(H,32,34)/t20-,23?,24?,25?,26?/m0/s1. The summed E-state index contributed by atoms with van der Waals surface area (Å²) < 4.78 is 16.3. The van der Waals surface area contributed by atoms with Crippen molar-refractivity contribution in [2.75, 3.05) is 6.61 Å². The Kier molecular flexibility index (Phi) is 11.0. The summed E-state index contributed by atoms with van der Waals surface area (Å²) in [4.78, 5) is 51.2. The zero-order valence-electron chi connectivity index (χ0n) is 22.9. The maximum Gasteiger partial charge on any atom is 0.331 e. The van der Waals surface area contributed by atoms with Crippen molar-refractivity contribution < 1.29 is 33.4 Å². The average Bonchev–Trinajstić information content (AvgIpc) is 2.93. The second kappa shape index (κ2) is 14.4. The molecule has 2 amide bonds. The molecule has 9 heteroatoms. The molecular formula is C30H38N2O7. The Bertz CT molecular complexity index is 1110. The van der Waals surface area contributed by atoms with Crippen LogP contribution in [-0.2, 0) is 46.6 Å². The summed E-state index contributed by atoms with van der Waals surface area (Å²) in [7, 11) is 0. The summed E-state index contributed by atoms with van der Waals surface area (Å²) in [6.07, 6.45) is -0.227. The molecule has 0 aliphatic carbocycles. The van der Waals surface area contributed by atoms with Gasteiger partial charge in [-0.3, -0.25) is 14.4 Å². The smallest absolute Gasteiger partial charge is 0.331 e. The third-order valence-corrected chi connectivity index (χ3v) is 6.82. The van der Waals surface area contributed by atoms with E-state index < -0.39 is 47.9 Å². The van der Waals surface area contributed by atoms with Gasteiger partial charge >= 0.3 is 11.9 Å². The molecule has 2 aromatic rings. The van der Waals surface area contributed by atoms with Crippen molar-refractivity contribution in [1.82, 2.24) is 10.6 Å². The minimum absolute atomic E-state index is 0.0288. The quantitative estimate of drug-likeness (QED) is 0.355. The first-order valence-electron chi connectivity index (χ1n) is 13.3. The SMILES string of the molecule is CC[C@H](C)C1C(=O)OC1C(=O)NC(C(=O)NC(COCc1ccccc1)C(=O)OCc1ccccc1)C(C)C.